The molecule has 13 heavy (non-hydrogen) atoms. The van der Waals surface area contributed by atoms with Gasteiger partial charge in [-0.1, -0.05) is 13.3 Å². The van der Waals surface area contributed by atoms with E-state index in [2.05, 4.69) is 5.32 Å². The molecule has 1 saturated carbocycles. The van der Waals surface area contributed by atoms with Crippen LogP contribution in [0.1, 0.15) is 39.5 Å². The molecule has 1 atom stereocenters. The molecule has 0 aromatic carbocycles. The van der Waals surface area contributed by atoms with Crippen LogP contribution in [0.3, 0.4) is 0 Å². The van der Waals surface area contributed by atoms with Gasteiger partial charge < -0.3 is 5.32 Å². The summed E-state index contributed by atoms with van der Waals surface area (Å²) in [6.45, 7) is 3.79. The maximum Gasteiger partial charge on any atom is 0.406 e. The summed E-state index contributed by atoms with van der Waals surface area (Å²) in [4.78, 5) is 0. The summed E-state index contributed by atoms with van der Waals surface area (Å²) in [6.07, 6.45) is -1.87. The van der Waals surface area contributed by atoms with Gasteiger partial charge >= 0.3 is 6.18 Å². The minimum Gasteiger partial charge on any atom is -0.301 e. The molecule has 0 amide bonds. The van der Waals surface area contributed by atoms with Crippen molar-refractivity contribution in [3.63, 3.8) is 0 Å². The maximum atomic E-state index is 12.4. The minimum absolute atomic E-state index is 0.0332. The van der Waals surface area contributed by atoms with E-state index in [4.69, 9.17) is 0 Å². The Morgan fingerprint density at radius 2 is 1.92 bits per heavy atom. The summed E-state index contributed by atoms with van der Waals surface area (Å²) in [5.74, 6) is 0. The topological polar surface area (TPSA) is 12.0 Å². The van der Waals surface area contributed by atoms with E-state index < -0.39 is 11.7 Å². The lowest BCUT2D eigenvalue weighted by atomic mass is 10.1. The Balaban J connectivity index is 2.44. The lowest BCUT2D eigenvalue weighted by molar-refractivity contribution is -0.167. The van der Waals surface area contributed by atoms with Gasteiger partial charge in [-0.05, 0) is 26.2 Å². The highest BCUT2D eigenvalue weighted by Gasteiger charge is 2.63. The van der Waals surface area contributed by atoms with Gasteiger partial charge in [0.25, 0.3) is 0 Å². The molecular weight excluding hydrogens is 179 g/mol. The van der Waals surface area contributed by atoms with Crippen LogP contribution < -0.4 is 5.32 Å². The number of halogens is 3. The van der Waals surface area contributed by atoms with Crippen LogP contribution in [0, 0.1) is 0 Å². The van der Waals surface area contributed by atoms with E-state index >= 15 is 0 Å². The van der Waals surface area contributed by atoms with E-state index in [-0.39, 0.29) is 18.9 Å². The third-order valence-electron chi connectivity index (χ3n) is 2.54. The molecule has 0 heterocycles. The number of nitrogens with one attached hydrogen (secondary N) is 1. The summed E-state index contributed by atoms with van der Waals surface area (Å²) in [6, 6.07) is -0.0332. The zero-order chi connectivity index (χ0) is 10.1. The van der Waals surface area contributed by atoms with E-state index in [0.29, 0.717) is 0 Å². The average molecular weight is 195 g/mol. The maximum absolute atomic E-state index is 12.4. The first-order chi connectivity index (χ1) is 5.91. The Labute approximate surface area is 76.7 Å². The summed E-state index contributed by atoms with van der Waals surface area (Å²) in [7, 11) is 0. The molecule has 78 valence electrons. The van der Waals surface area contributed by atoms with Crippen molar-refractivity contribution in [1.82, 2.24) is 5.32 Å². The number of hydrogen-bond acceptors (Lipinski definition) is 1. The lowest BCUT2D eigenvalue weighted by Crippen LogP contribution is -2.48. The third-order valence-corrected chi connectivity index (χ3v) is 2.54. The first-order valence-electron chi connectivity index (χ1n) is 4.76. The second-order valence-electron chi connectivity index (χ2n) is 3.91. The van der Waals surface area contributed by atoms with Crippen LogP contribution in [-0.2, 0) is 0 Å². The van der Waals surface area contributed by atoms with E-state index in [0.717, 1.165) is 12.8 Å². The van der Waals surface area contributed by atoms with Gasteiger partial charge in [0.1, 0.15) is 5.54 Å². The van der Waals surface area contributed by atoms with Crippen LogP contribution in [-0.4, -0.2) is 17.8 Å². The molecule has 1 N–H and O–H groups in total. The van der Waals surface area contributed by atoms with Crippen LogP contribution in [0.4, 0.5) is 13.2 Å². The van der Waals surface area contributed by atoms with Crippen molar-refractivity contribution in [3.8, 4) is 0 Å². The molecule has 0 spiro atoms. The van der Waals surface area contributed by atoms with Crippen LogP contribution in [0.2, 0.25) is 0 Å². The second-order valence-corrected chi connectivity index (χ2v) is 3.91. The molecule has 0 saturated heterocycles. The summed E-state index contributed by atoms with van der Waals surface area (Å²) in [5.41, 5.74) is -1.54. The molecule has 1 aliphatic rings. The van der Waals surface area contributed by atoms with Crippen molar-refractivity contribution in [2.75, 3.05) is 0 Å². The fourth-order valence-electron chi connectivity index (χ4n) is 1.61. The number of hydrogen-bond donors (Lipinski definition) is 1. The molecular formula is C9H16F3N. The SMILES string of the molecule is CCCC(C)NC1(C(F)(F)F)CC1. The summed E-state index contributed by atoms with van der Waals surface area (Å²) < 4.78 is 37.3. The molecule has 0 aromatic heterocycles. The Morgan fingerprint density at radius 3 is 2.23 bits per heavy atom. The summed E-state index contributed by atoms with van der Waals surface area (Å²) >= 11 is 0. The molecule has 1 unspecified atom stereocenters. The van der Waals surface area contributed by atoms with Crippen molar-refractivity contribution in [2.24, 2.45) is 0 Å². The van der Waals surface area contributed by atoms with E-state index in [1.165, 1.54) is 0 Å². The predicted molar refractivity (Wildman–Crippen MR) is 45.5 cm³/mol. The Bertz CT molecular complexity index is 172. The van der Waals surface area contributed by atoms with Crippen LogP contribution in [0.25, 0.3) is 0 Å². The Hall–Kier alpha value is -0.250. The van der Waals surface area contributed by atoms with Gasteiger partial charge in [0, 0.05) is 6.04 Å². The van der Waals surface area contributed by atoms with Crippen LogP contribution in [0.15, 0.2) is 0 Å². The molecule has 1 rings (SSSR count). The fourth-order valence-corrected chi connectivity index (χ4v) is 1.61. The molecule has 0 bridgehead atoms. The van der Waals surface area contributed by atoms with E-state index in [1.807, 2.05) is 13.8 Å². The molecule has 0 aliphatic heterocycles. The third kappa shape index (κ3) is 2.36. The molecule has 1 nitrogen and oxygen atoms in total. The lowest BCUT2D eigenvalue weighted by Gasteiger charge is -2.24. The van der Waals surface area contributed by atoms with Gasteiger partial charge in [0.05, 0.1) is 0 Å². The van der Waals surface area contributed by atoms with Crippen LogP contribution >= 0.6 is 0 Å². The molecule has 0 radical (unpaired) electrons. The first kappa shape index (κ1) is 10.8. The second kappa shape index (κ2) is 3.48. The van der Waals surface area contributed by atoms with Gasteiger partial charge in [0.2, 0.25) is 0 Å². The highest BCUT2D eigenvalue weighted by Crippen LogP contribution is 2.49. The average Bonchev–Trinajstić information content (AvgIpc) is 2.67. The van der Waals surface area contributed by atoms with Gasteiger partial charge in [-0.3, -0.25) is 0 Å². The highest BCUT2D eigenvalue weighted by molar-refractivity contribution is 5.08. The molecule has 1 fully saturated rings. The van der Waals surface area contributed by atoms with Gasteiger partial charge in [-0.15, -0.1) is 0 Å². The normalized spacial score (nSPS) is 22.8. The Kier molecular flexibility index (Phi) is 2.90. The number of rotatable bonds is 4. The van der Waals surface area contributed by atoms with E-state index in [1.54, 1.807) is 0 Å². The largest absolute Gasteiger partial charge is 0.406 e. The molecule has 0 aromatic rings. The zero-order valence-corrected chi connectivity index (χ0v) is 8.04. The van der Waals surface area contributed by atoms with Crippen molar-refractivity contribution >= 4 is 0 Å². The molecule has 4 heteroatoms. The quantitative estimate of drug-likeness (QED) is 0.727. The van der Waals surface area contributed by atoms with Gasteiger partial charge in [0.15, 0.2) is 0 Å². The minimum atomic E-state index is -4.07. The summed E-state index contributed by atoms with van der Waals surface area (Å²) in [5, 5.41) is 2.68. The Morgan fingerprint density at radius 1 is 1.38 bits per heavy atom. The predicted octanol–water partition coefficient (Wildman–Crippen LogP) is 2.86. The van der Waals surface area contributed by atoms with Crippen molar-refractivity contribution in [2.45, 2.75) is 57.3 Å². The standard InChI is InChI=1S/C9H16F3N/c1-3-4-7(2)13-8(5-6-8)9(10,11)12/h7,13H,3-6H2,1-2H3. The number of alkyl halides is 3. The van der Waals surface area contributed by atoms with Crippen molar-refractivity contribution in [1.29, 1.82) is 0 Å². The monoisotopic (exact) mass is 195 g/mol. The van der Waals surface area contributed by atoms with Gasteiger partial charge in [-0.25, -0.2) is 0 Å². The van der Waals surface area contributed by atoms with Crippen molar-refractivity contribution in [3.05, 3.63) is 0 Å². The van der Waals surface area contributed by atoms with Crippen molar-refractivity contribution < 1.29 is 13.2 Å². The van der Waals surface area contributed by atoms with Crippen LogP contribution in [0.5, 0.6) is 0 Å². The first-order valence-corrected chi connectivity index (χ1v) is 4.76. The molecule has 1 aliphatic carbocycles. The highest BCUT2D eigenvalue weighted by atomic mass is 19.4. The zero-order valence-electron chi connectivity index (χ0n) is 8.04. The smallest absolute Gasteiger partial charge is 0.301 e. The van der Waals surface area contributed by atoms with Gasteiger partial charge in [-0.2, -0.15) is 13.2 Å². The fraction of sp³-hybridized carbons (Fsp3) is 1.00. The van der Waals surface area contributed by atoms with E-state index in [9.17, 15) is 13.2 Å².